The van der Waals surface area contributed by atoms with Gasteiger partial charge in [0.25, 0.3) is 5.91 Å². The summed E-state index contributed by atoms with van der Waals surface area (Å²) in [7, 11) is 0. The van der Waals surface area contributed by atoms with Crippen molar-refractivity contribution in [2.45, 2.75) is 26.9 Å². The van der Waals surface area contributed by atoms with Crippen molar-refractivity contribution in [3.63, 3.8) is 0 Å². The molecule has 0 bridgehead atoms. The zero-order chi connectivity index (χ0) is 19.5. The fourth-order valence-corrected chi connectivity index (χ4v) is 3.15. The van der Waals surface area contributed by atoms with Gasteiger partial charge in [-0.1, -0.05) is 18.2 Å². The second kappa shape index (κ2) is 7.56. The number of para-hydroxylation sites is 1. The van der Waals surface area contributed by atoms with E-state index in [1.54, 1.807) is 23.0 Å². The van der Waals surface area contributed by atoms with Crippen molar-refractivity contribution in [3.05, 3.63) is 89.4 Å². The van der Waals surface area contributed by atoms with Crippen molar-refractivity contribution in [2.75, 3.05) is 0 Å². The molecule has 7 heteroatoms. The highest BCUT2D eigenvalue weighted by molar-refractivity contribution is 5.91. The second-order valence-corrected chi connectivity index (χ2v) is 6.55. The van der Waals surface area contributed by atoms with Crippen LogP contribution in [0.3, 0.4) is 0 Å². The lowest BCUT2D eigenvalue weighted by molar-refractivity contribution is 0.0921. The zero-order valence-corrected chi connectivity index (χ0v) is 15.8. The molecule has 28 heavy (non-hydrogen) atoms. The SMILES string of the molecule is Cc1nn(-c2ccccc2)c(C)c1CNC(=O)c1ccc(Cn2cccn2)o1. The number of carbonyl (C=O) groups excluding carboxylic acids is 1. The normalized spacial score (nSPS) is 10.9. The van der Waals surface area contributed by atoms with Crippen LogP contribution in [0.4, 0.5) is 0 Å². The van der Waals surface area contributed by atoms with E-state index in [4.69, 9.17) is 4.42 Å². The highest BCUT2D eigenvalue weighted by Crippen LogP contribution is 2.18. The van der Waals surface area contributed by atoms with Crippen LogP contribution < -0.4 is 5.32 Å². The molecule has 0 saturated heterocycles. The number of amides is 1. The quantitative estimate of drug-likeness (QED) is 0.561. The van der Waals surface area contributed by atoms with Crippen molar-refractivity contribution < 1.29 is 9.21 Å². The Kier molecular flexibility index (Phi) is 4.80. The van der Waals surface area contributed by atoms with Crippen molar-refractivity contribution >= 4 is 5.91 Å². The first-order valence-electron chi connectivity index (χ1n) is 9.06. The highest BCUT2D eigenvalue weighted by Gasteiger charge is 2.16. The summed E-state index contributed by atoms with van der Waals surface area (Å²) in [6.45, 7) is 4.83. The predicted molar refractivity (Wildman–Crippen MR) is 104 cm³/mol. The number of nitrogens with one attached hydrogen (secondary N) is 1. The van der Waals surface area contributed by atoms with Crippen molar-refractivity contribution in [3.8, 4) is 5.69 Å². The minimum atomic E-state index is -0.252. The maximum Gasteiger partial charge on any atom is 0.287 e. The molecule has 0 atom stereocenters. The first-order valence-corrected chi connectivity index (χ1v) is 9.06. The fourth-order valence-electron chi connectivity index (χ4n) is 3.15. The van der Waals surface area contributed by atoms with Crippen LogP contribution in [0.15, 0.2) is 65.3 Å². The van der Waals surface area contributed by atoms with Gasteiger partial charge in [0.2, 0.25) is 0 Å². The van der Waals surface area contributed by atoms with Gasteiger partial charge >= 0.3 is 0 Å². The molecule has 0 saturated carbocycles. The standard InChI is InChI=1S/C21H21N5O2/c1-15-19(16(2)26(24-15)17-7-4-3-5-8-17)13-22-21(27)20-10-9-18(28-20)14-25-12-6-11-23-25/h3-12H,13-14H2,1-2H3,(H,22,27). The Balaban J connectivity index is 1.44. The summed E-state index contributed by atoms with van der Waals surface area (Å²) in [6, 6.07) is 15.3. The van der Waals surface area contributed by atoms with Gasteiger partial charge in [-0.15, -0.1) is 0 Å². The van der Waals surface area contributed by atoms with Gasteiger partial charge in [0.05, 0.1) is 17.9 Å². The molecule has 0 aliphatic carbocycles. The Morgan fingerprint density at radius 1 is 1.11 bits per heavy atom. The van der Waals surface area contributed by atoms with Crippen molar-refractivity contribution in [1.82, 2.24) is 24.9 Å². The molecule has 1 amide bonds. The van der Waals surface area contributed by atoms with Crippen LogP contribution in [0.25, 0.3) is 5.69 Å². The van der Waals surface area contributed by atoms with E-state index in [2.05, 4.69) is 15.5 Å². The van der Waals surface area contributed by atoms with Crippen molar-refractivity contribution in [2.24, 2.45) is 0 Å². The number of hydrogen-bond acceptors (Lipinski definition) is 4. The molecule has 3 aromatic heterocycles. The third kappa shape index (κ3) is 3.59. The van der Waals surface area contributed by atoms with Gasteiger partial charge in [-0.25, -0.2) is 4.68 Å². The minimum Gasteiger partial charge on any atom is -0.454 e. The molecule has 0 unspecified atom stereocenters. The molecule has 0 aliphatic rings. The van der Waals surface area contributed by atoms with Gasteiger partial charge in [-0.05, 0) is 44.2 Å². The Labute approximate surface area is 162 Å². The predicted octanol–water partition coefficient (Wildman–Crippen LogP) is 3.26. The third-order valence-corrected chi connectivity index (χ3v) is 4.63. The Hall–Kier alpha value is -3.61. The lowest BCUT2D eigenvalue weighted by atomic mass is 10.2. The third-order valence-electron chi connectivity index (χ3n) is 4.63. The van der Waals surface area contributed by atoms with E-state index >= 15 is 0 Å². The number of benzene rings is 1. The summed E-state index contributed by atoms with van der Waals surface area (Å²) in [6.07, 6.45) is 3.55. The number of furan rings is 1. The van der Waals surface area contributed by atoms with Crippen LogP contribution in [0.2, 0.25) is 0 Å². The molecule has 0 spiro atoms. The van der Waals surface area contributed by atoms with Gasteiger partial charge in [0.15, 0.2) is 5.76 Å². The monoisotopic (exact) mass is 375 g/mol. The topological polar surface area (TPSA) is 77.9 Å². The molecule has 0 aliphatic heterocycles. The molecule has 4 aromatic rings. The zero-order valence-electron chi connectivity index (χ0n) is 15.8. The largest absolute Gasteiger partial charge is 0.454 e. The number of nitrogens with zero attached hydrogens (tertiary/aromatic N) is 4. The maximum absolute atomic E-state index is 12.5. The van der Waals surface area contributed by atoms with Gasteiger partial charge < -0.3 is 9.73 Å². The molecule has 0 radical (unpaired) electrons. The Morgan fingerprint density at radius 3 is 2.68 bits per heavy atom. The van der Waals surface area contributed by atoms with Crippen LogP contribution in [-0.4, -0.2) is 25.5 Å². The number of carbonyl (C=O) groups is 1. The van der Waals surface area contributed by atoms with E-state index < -0.39 is 0 Å². The number of hydrogen-bond donors (Lipinski definition) is 1. The van der Waals surface area contributed by atoms with Crippen LogP contribution >= 0.6 is 0 Å². The van der Waals surface area contributed by atoms with E-state index in [9.17, 15) is 4.79 Å². The summed E-state index contributed by atoms with van der Waals surface area (Å²) in [5.74, 6) is 0.712. The first kappa shape index (κ1) is 17.8. The summed E-state index contributed by atoms with van der Waals surface area (Å²) in [5, 5.41) is 11.7. The van der Waals surface area contributed by atoms with Gasteiger partial charge in [-0.3, -0.25) is 9.48 Å². The molecule has 1 aromatic carbocycles. The Morgan fingerprint density at radius 2 is 1.93 bits per heavy atom. The molecule has 3 heterocycles. The molecule has 1 N–H and O–H groups in total. The van der Waals surface area contributed by atoms with E-state index in [0.29, 0.717) is 18.8 Å². The van der Waals surface area contributed by atoms with E-state index in [-0.39, 0.29) is 11.7 Å². The lowest BCUT2D eigenvalue weighted by Crippen LogP contribution is -2.23. The van der Waals surface area contributed by atoms with Gasteiger partial charge in [0, 0.05) is 30.2 Å². The van der Waals surface area contributed by atoms with Crippen LogP contribution in [-0.2, 0) is 13.1 Å². The number of aromatic nitrogens is 4. The van der Waals surface area contributed by atoms with Gasteiger partial charge in [0.1, 0.15) is 5.76 Å². The summed E-state index contributed by atoms with van der Waals surface area (Å²) < 4.78 is 9.28. The average molecular weight is 375 g/mol. The summed E-state index contributed by atoms with van der Waals surface area (Å²) in [5.41, 5.74) is 3.89. The average Bonchev–Trinajstić information content (AvgIpc) is 3.44. The second-order valence-electron chi connectivity index (χ2n) is 6.55. The van der Waals surface area contributed by atoms with Crippen LogP contribution in [0.1, 0.15) is 33.3 Å². The van der Waals surface area contributed by atoms with Crippen molar-refractivity contribution in [1.29, 1.82) is 0 Å². The number of rotatable bonds is 6. The smallest absolute Gasteiger partial charge is 0.287 e. The maximum atomic E-state index is 12.5. The van der Waals surface area contributed by atoms with E-state index in [1.807, 2.05) is 61.1 Å². The minimum absolute atomic E-state index is 0.252. The molecular formula is C21H21N5O2. The van der Waals surface area contributed by atoms with Crippen LogP contribution in [0, 0.1) is 13.8 Å². The summed E-state index contributed by atoms with van der Waals surface area (Å²) in [4.78, 5) is 12.5. The molecule has 142 valence electrons. The molecule has 4 rings (SSSR count). The Bertz CT molecular complexity index is 1080. The van der Waals surface area contributed by atoms with Crippen LogP contribution in [0.5, 0.6) is 0 Å². The van der Waals surface area contributed by atoms with Gasteiger partial charge in [-0.2, -0.15) is 10.2 Å². The first-order chi connectivity index (χ1) is 13.6. The molecule has 0 fully saturated rings. The number of aryl methyl sites for hydroxylation is 1. The van der Waals surface area contributed by atoms with E-state index in [1.165, 1.54) is 0 Å². The summed E-state index contributed by atoms with van der Waals surface area (Å²) >= 11 is 0. The highest BCUT2D eigenvalue weighted by atomic mass is 16.4. The fraction of sp³-hybridized carbons (Fsp3) is 0.190. The van der Waals surface area contributed by atoms with E-state index in [0.717, 1.165) is 22.6 Å². The lowest BCUT2D eigenvalue weighted by Gasteiger charge is -2.06. The molecular weight excluding hydrogens is 354 g/mol. The molecule has 7 nitrogen and oxygen atoms in total.